The summed E-state index contributed by atoms with van der Waals surface area (Å²) in [6, 6.07) is 13.5. The largest absolute Gasteiger partial charge is 0.495 e. The molecule has 1 aromatic heterocycles. The Balaban J connectivity index is 1.64. The van der Waals surface area contributed by atoms with Gasteiger partial charge >= 0.3 is 0 Å². The molecule has 3 aromatic rings. The maximum Gasteiger partial charge on any atom is 0.261 e. The van der Waals surface area contributed by atoms with Gasteiger partial charge in [0.2, 0.25) is 5.91 Å². The minimum atomic E-state index is -0.528. The van der Waals surface area contributed by atoms with Crippen molar-refractivity contribution < 1.29 is 23.5 Å². The van der Waals surface area contributed by atoms with Crippen LogP contribution in [0.2, 0.25) is 0 Å². The molecule has 3 N–H and O–H groups in total. The quantitative estimate of drug-likeness (QED) is 0.519. The van der Waals surface area contributed by atoms with Crippen LogP contribution in [0.25, 0.3) is 0 Å². The first-order chi connectivity index (χ1) is 14.9. The van der Waals surface area contributed by atoms with Crippen molar-refractivity contribution in [3.05, 3.63) is 75.7 Å². The van der Waals surface area contributed by atoms with Gasteiger partial charge in [0.05, 0.1) is 24.2 Å². The number of amides is 3. The van der Waals surface area contributed by atoms with E-state index in [0.29, 0.717) is 22.0 Å². The van der Waals surface area contributed by atoms with E-state index >= 15 is 0 Å². The lowest BCUT2D eigenvalue weighted by Crippen LogP contribution is -2.32. The first kappa shape index (κ1) is 22.0. The third-order valence-corrected chi connectivity index (χ3v) is 5.19. The standard InChI is InChI=1S/C22H20FN3O4S/c1-13-6-9-19(31-13)22(29)24-12-20(27)25-16-7-8-18(30-2)17(11-16)26-21(28)14-4-3-5-15(23)10-14/h3-11H,12H2,1-2H3,(H,24,29)(H,25,27)(H,26,28). The van der Waals surface area contributed by atoms with Gasteiger partial charge in [-0.15, -0.1) is 11.3 Å². The molecule has 9 heteroatoms. The summed E-state index contributed by atoms with van der Waals surface area (Å²) in [5.41, 5.74) is 0.831. The Morgan fingerprint density at radius 1 is 1.00 bits per heavy atom. The summed E-state index contributed by atoms with van der Waals surface area (Å²) >= 11 is 1.34. The number of nitrogens with one attached hydrogen (secondary N) is 3. The number of hydrogen-bond donors (Lipinski definition) is 3. The number of hydrogen-bond acceptors (Lipinski definition) is 5. The highest BCUT2D eigenvalue weighted by molar-refractivity contribution is 7.13. The third kappa shape index (κ3) is 5.89. The average Bonchev–Trinajstić information content (AvgIpc) is 3.18. The SMILES string of the molecule is COc1ccc(NC(=O)CNC(=O)c2ccc(C)s2)cc1NC(=O)c1cccc(F)c1. The molecule has 0 saturated carbocycles. The van der Waals surface area contributed by atoms with E-state index in [0.717, 1.165) is 10.9 Å². The van der Waals surface area contributed by atoms with Gasteiger partial charge in [-0.25, -0.2) is 4.39 Å². The van der Waals surface area contributed by atoms with Crippen molar-refractivity contribution in [2.75, 3.05) is 24.3 Å². The van der Waals surface area contributed by atoms with Gasteiger partial charge in [0.25, 0.3) is 11.8 Å². The first-order valence-corrected chi connectivity index (χ1v) is 10.1. The topological polar surface area (TPSA) is 96.5 Å². The Morgan fingerprint density at radius 3 is 2.48 bits per heavy atom. The van der Waals surface area contributed by atoms with E-state index in [2.05, 4.69) is 16.0 Å². The van der Waals surface area contributed by atoms with Gasteiger partial charge in [-0.1, -0.05) is 6.07 Å². The number of rotatable bonds is 7. The van der Waals surface area contributed by atoms with E-state index in [9.17, 15) is 18.8 Å². The lowest BCUT2D eigenvalue weighted by atomic mass is 10.2. The summed E-state index contributed by atoms with van der Waals surface area (Å²) in [4.78, 5) is 38.2. The molecule has 1 heterocycles. The van der Waals surface area contributed by atoms with Crippen molar-refractivity contribution in [3.8, 4) is 5.75 Å². The molecule has 0 aliphatic rings. The average molecular weight is 441 g/mol. The van der Waals surface area contributed by atoms with E-state index in [4.69, 9.17) is 4.74 Å². The third-order valence-electron chi connectivity index (χ3n) is 4.19. The number of thiophene rings is 1. The van der Waals surface area contributed by atoms with Crippen LogP contribution < -0.4 is 20.7 Å². The minimum Gasteiger partial charge on any atom is -0.495 e. The fourth-order valence-electron chi connectivity index (χ4n) is 2.72. The molecule has 7 nitrogen and oxygen atoms in total. The van der Waals surface area contributed by atoms with Crippen LogP contribution in [0.1, 0.15) is 24.9 Å². The Labute approximate surface area is 182 Å². The van der Waals surface area contributed by atoms with Crippen molar-refractivity contribution >= 4 is 40.4 Å². The van der Waals surface area contributed by atoms with Gasteiger partial charge < -0.3 is 20.7 Å². The highest BCUT2D eigenvalue weighted by atomic mass is 32.1. The molecule has 3 rings (SSSR count). The van der Waals surface area contributed by atoms with Crippen LogP contribution in [0.4, 0.5) is 15.8 Å². The molecule has 0 saturated heterocycles. The number of carbonyl (C=O) groups excluding carboxylic acids is 3. The van der Waals surface area contributed by atoms with Crippen molar-refractivity contribution in [2.45, 2.75) is 6.92 Å². The second-order valence-electron chi connectivity index (χ2n) is 6.52. The number of halogens is 1. The van der Waals surface area contributed by atoms with Gasteiger partial charge in [0.1, 0.15) is 11.6 Å². The lowest BCUT2D eigenvalue weighted by molar-refractivity contribution is -0.115. The molecule has 0 bridgehead atoms. The molecule has 3 amide bonds. The number of benzene rings is 2. The summed E-state index contributed by atoms with van der Waals surface area (Å²) in [5.74, 6) is -1.45. The van der Waals surface area contributed by atoms with Crippen LogP contribution in [0.3, 0.4) is 0 Å². The number of ether oxygens (including phenoxy) is 1. The maximum atomic E-state index is 13.4. The Hall–Kier alpha value is -3.72. The van der Waals surface area contributed by atoms with E-state index in [1.54, 1.807) is 18.2 Å². The number of anilines is 2. The molecular weight excluding hydrogens is 421 g/mol. The predicted molar refractivity (Wildman–Crippen MR) is 117 cm³/mol. The van der Waals surface area contributed by atoms with Crippen molar-refractivity contribution in [2.24, 2.45) is 0 Å². The highest BCUT2D eigenvalue weighted by Gasteiger charge is 2.13. The monoisotopic (exact) mass is 441 g/mol. The van der Waals surface area contributed by atoms with Crippen LogP contribution in [0, 0.1) is 12.7 Å². The van der Waals surface area contributed by atoms with E-state index < -0.39 is 17.6 Å². The highest BCUT2D eigenvalue weighted by Crippen LogP contribution is 2.28. The van der Waals surface area contributed by atoms with Gasteiger partial charge in [-0.05, 0) is 55.5 Å². The molecule has 0 aliphatic heterocycles. The van der Waals surface area contributed by atoms with Crippen molar-refractivity contribution in [1.82, 2.24) is 5.32 Å². The number of methoxy groups -OCH3 is 1. The van der Waals surface area contributed by atoms with Gasteiger partial charge in [0.15, 0.2) is 0 Å². The zero-order chi connectivity index (χ0) is 22.4. The summed E-state index contributed by atoms with van der Waals surface area (Å²) in [6.07, 6.45) is 0. The lowest BCUT2D eigenvalue weighted by Gasteiger charge is -2.13. The van der Waals surface area contributed by atoms with Gasteiger partial charge in [0, 0.05) is 16.1 Å². The smallest absolute Gasteiger partial charge is 0.261 e. The van der Waals surface area contributed by atoms with E-state index in [1.165, 1.54) is 42.7 Å². The molecule has 0 fully saturated rings. The molecule has 31 heavy (non-hydrogen) atoms. The van der Waals surface area contributed by atoms with Gasteiger partial charge in [-0.2, -0.15) is 0 Å². The van der Waals surface area contributed by atoms with Crippen LogP contribution in [0.5, 0.6) is 5.75 Å². The van der Waals surface area contributed by atoms with Crippen molar-refractivity contribution in [3.63, 3.8) is 0 Å². The Kier molecular flexibility index (Phi) is 6.99. The van der Waals surface area contributed by atoms with Gasteiger partial charge in [-0.3, -0.25) is 14.4 Å². The summed E-state index contributed by atoms with van der Waals surface area (Å²) < 4.78 is 18.6. The molecule has 0 atom stereocenters. The molecule has 0 spiro atoms. The second-order valence-corrected chi connectivity index (χ2v) is 7.81. The normalized spacial score (nSPS) is 10.3. The maximum absolute atomic E-state index is 13.4. The summed E-state index contributed by atoms with van der Waals surface area (Å²) in [7, 11) is 1.44. The zero-order valence-corrected chi connectivity index (χ0v) is 17.6. The molecule has 0 radical (unpaired) electrons. The fourth-order valence-corrected chi connectivity index (χ4v) is 3.50. The first-order valence-electron chi connectivity index (χ1n) is 9.25. The zero-order valence-electron chi connectivity index (χ0n) is 16.8. The molecule has 160 valence electrons. The second kappa shape index (κ2) is 9.86. The summed E-state index contributed by atoms with van der Waals surface area (Å²) in [5, 5.41) is 7.85. The molecular formula is C22H20FN3O4S. The minimum absolute atomic E-state index is 0.142. The van der Waals surface area contributed by atoms with Crippen molar-refractivity contribution in [1.29, 1.82) is 0 Å². The van der Waals surface area contributed by atoms with Crippen LogP contribution in [-0.2, 0) is 4.79 Å². The van der Waals surface area contributed by atoms with E-state index in [-0.39, 0.29) is 18.0 Å². The summed E-state index contributed by atoms with van der Waals surface area (Å²) in [6.45, 7) is 1.68. The molecule has 0 aliphatic carbocycles. The van der Waals surface area contributed by atoms with E-state index in [1.807, 2.05) is 13.0 Å². The number of carbonyl (C=O) groups is 3. The number of aryl methyl sites for hydroxylation is 1. The van der Waals surface area contributed by atoms with Crippen LogP contribution in [-0.4, -0.2) is 31.4 Å². The van der Waals surface area contributed by atoms with Crippen LogP contribution in [0.15, 0.2) is 54.6 Å². The Morgan fingerprint density at radius 2 is 1.81 bits per heavy atom. The molecule has 0 unspecified atom stereocenters. The molecule has 2 aromatic carbocycles. The Bertz CT molecular complexity index is 1130. The fraction of sp³-hybridized carbons (Fsp3) is 0.136. The van der Waals surface area contributed by atoms with Crippen LogP contribution >= 0.6 is 11.3 Å². The predicted octanol–water partition coefficient (Wildman–Crippen LogP) is 3.83.